The molecule has 6 nitrogen and oxygen atoms in total. The van der Waals surface area contributed by atoms with E-state index in [9.17, 15) is 18.3 Å². The van der Waals surface area contributed by atoms with Gasteiger partial charge in [0, 0.05) is 13.1 Å². The normalized spacial score (nSPS) is 20.9. The van der Waals surface area contributed by atoms with Crippen molar-refractivity contribution in [2.45, 2.75) is 25.8 Å². The van der Waals surface area contributed by atoms with Gasteiger partial charge in [0.05, 0.1) is 0 Å². The SMILES string of the molecule is C[C@H]([NH2+]S(=O)(=O)N1CCCC1)C(=O)[O-]. The van der Waals surface area contributed by atoms with Crippen LogP contribution in [0.1, 0.15) is 19.8 Å². The molecule has 0 radical (unpaired) electrons. The molecule has 1 heterocycles. The fourth-order valence-corrected chi connectivity index (χ4v) is 2.91. The van der Waals surface area contributed by atoms with Crippen LogP contribution >= 0.6 is 0 Å². The lowest BCUT2D eigenvalue weighted by molar-refractivity contribution is -0.539. The lowest BCUT2D eigenvalue weighted by atomic mass is 10.4. The van der Waals surface area contributed by atoms with E-state index in [0.29, 0.717) is 13.1 Å². The Morgan fingerprint density at radius 3 is 2.36 bits per heavy atom. The van der Waals surface area contributed by atoms with Gasteiger partial charge in [-0.2, -0.15) is 12.7 Å². The number of hydrogen-bond acceptors (Lipinski definition) is 4. The van der Waals surface area contributed by atoms with Crippen LogP contribution in [0.25, 0.3) is 0 Å². The van der Waals surface area contributed by atoms with Crippen molar-refractivity contribution in [3.05, 3.63) is 0 Å². The molecule has 1 fully saturated rings. The third kappa shape index (κ3) is 2.66. The summed E-state index contributed by atoms with van der Waals surface area (Å²) in [4.78, 5) is 10.4. The number of carboxylic acids is 1. The Bertz CT molecular complexity index is 308. The van der Waals surface area contributed by atoms with E-state index in [1.807, 2.05) is 0 Å². The van der Waals surface area contributed by atoms with Crippen LogP contribution in [-0.2, 0) is 15.0 Å². The molecule has 1 atom stereocenters. The first kappa shape index (κ1) is 11.4. The number of nitrogens with two attached hydrogens (primary N) is 1. The van der Waals surface area contributed by atoms with E-state index in [4.69, 9.17) is 0 Å². The summed E-state index contributed by atoms with van der Waals surface area (Å²) in [7, 11) is -3.52. The molecule has 0 bridgehead atoms. The number of hydrogen-bond donors (Lipinski definition) is 1. The third-order valence-corrected chi connectivity index (χ3v) is 4.01. The summed E-state index contributed by atoms with van der Waals surface area (Å²) in [5.74, 6) is -1.37. The van der Waals surface area contributed by atoms with Crippen LogP contribution in [0.2, 0.25) is 0 Å². The van der Waals surface area contributed by atoms with Crippen molar-refractivity contribution in [1.82, 2.24) is 4.31 Å². The second kappa shape index (κ2) is 4.24. The van der Waals surface area contributed by atoms with E-state index < -0.39 is 22.2 Å². The number of carboxylic acid groups (broad SMARTS) is 1. The second-order valence-corrected chi connectivity index (χ2v) is 5.21. The topological polar surface area (TPSA) is 94.1 Å². The summed E-state index contributed by atoms with van der Waals surface area (Å²) in [6.07, 6.45) is 1.68. The Morgan fingerprint density at radius 1 is 1.43 bits per heavy atom. The van der Waals surface area contributed by atoms with Gasteiger partial charge in [-0.1, -0.05) is 0 Å². The molecule has 2 N–H and O–H groups in total. The zero-order valence-electron chi connectivity index (χ0n) is 7.97. The van der Waals surface area contributed by atoms with Crippen molar-refractivity contribution in [2.24, 2.45) is 0 Å². The van der Waals surface area contributed by atoms with Gasteiger partial charge in [-0.25, -0.2) is 4.72 Å². The predicted molar refractivity (Wildman–Crippen MR) is 46.1 cm³/mol. The van der Waals surface area contributed by atoms with Gasteiger partial charge in [0.15, 0.2) is 0 Å². The molecule has 1 aliphatic heterocycles. The quantitative estimate of drug-likeness (QED) is 0.549. The maximum atomic E-state index is 11.5. The molecule has 14 heavy (non-hydrogen) atoms. The van der Waals surface area contributed by atoms with Gasteiger partial charge in [0.1, 0.15) is 12.0 Å². The van der Waals surface area contributed by atoms with Crippen LogP contribution in [0.5, 0.6) is 0 Å². The molecular weight excluding hydrogens is 208 g/mol. The molecule has 7 heteroatoms. The van der Waals surface area contributed by atoms with Crippen LogP contribution in [0.15, 0.2) is 0 Å². The third-order valence-electron chi connectivity index (χ3n) is 2.17. The number of rotatable bonds is 4. The van der Waals surface area contributed by atoms with E-state index >= 15 is 0 Å². The van der Waals surface area contributed by atoms with Crippen LogP contribution in [0.4, 0.5) is 0 Å². The number of nitrogens with zero attached hydrogens (tertiary/aromatic N) is 1. The minimum atomic E-state index is -3.52. The Hall–Kier alpha value is -0.660. The summed E-state index contributed by atoms with van der Waals surface area (Å²) in [5.41, 5.74) is 0. The molecule has 1 aliphatic rings. The first-order valence-corrected chi connectivity index (χ1v) is 5.99. The summed E-state index contributed by atoms with van der Waals surface area (Å²) >= 11 is 0. The van der Waals surface area contributed by atoms with E-state index in [-0.39, 0.29) is 0 Å². The highest BCUT2D eigenvalue weighted by atomic mass is 32.2. The van der Waals surface area contributed by atoms with Crippen LogP contribution in [0, 0.1) is 0 Å². The van der Waals surface area contributed by atoms with Crippen molar-refractivity contribution < 1.29 is 23.0 Å². The van der Waals surface area contributed by atoms with E-state index in [1.165, 1.54) is 11.2 Å². The summed E-state index contributed by atoms with van der Waals surface area (Å²) < 4.78 is 25.2. The zero-order chi connectivity index (χ0) is 10.8. The highest BCUT2D eigenvalue weighted by molar-refractivity contribution is 7.82. The molecule has 82 valence electrons. The molecular formula is C7H14N2O4S. The zero-order valence-corrected chi connectivity index (χ0v) is 8.79. The molecule has 0 spiro atoms. The van der Waals surface area contributed by atoms with Gasteiger partial charge in [-0.3, -0.25) is 0 Å². The fourth-order valence-electron chi connectivity index (χ4n) is 1.34. The molecule has 1 rings (SSSR count). The van der Waals surface area contributed by atoms with Crippen molar-refractivity contribution in [2.75, 3.05) is 13.1 Å². The van der Waals surface area contributed by atoms with Gasteiger partial charge >= 0.3 is 10.2 Å². The molecule has 0 aromatic carbocycles. The van der Waals surface area contributed by atoms with E-state index in [1.54, 1.807) is 0 Å². The van der Waals surface area contributed by atoms with Crippen molar-refractivity contribution >= 4 is 16.2 Å². The first-order chi connectivity index (χ1) is 6.43. The molecule has 1 saturated heterocycles. The molecule has 0 amide bonds. The molecule has 0 aromatic heterocycles. The molecule has 0 unspecified atom stereocenters. The maximum Gasteiger partial charge on any atom is 0.369 e. The smallest absolute Gasteiger partial charge is 0.369 e. The number of carbonyl (C=O) groups is 1. The minimum absolute atomic E-state index is 0.485. The average Bonchev–Trinajstić information content (AvgIpc) is 2.54. The van der Waals surface area contributed by atoms with Gasteiger partial charge in [-0.15, -0.1) is 0 Å². The van der Waals surface area contributed by atoms with Crippen LogP contribution in [-0.4, -0.2) is 37.8 Å². The summed E-state index contributed by atoms with van der Waals surface area (Å²) in [5, 5.41) is 10.4. The fraction of sp³-hybridized carbons (Fsp3) is 0.857. The Balaban J connectivity index is 2.61. The summed E-state index contributed by atoms with van der Waals surface area (Å²) in [6, 6.07) is -1.07. The minimum Gasteiger partial charge on any atom is -0.544 e. The molecule has 0 aliphatic carbocycles. The largest absolute Gasteiger partial charge is 0.544 e. The Labute approximate surface area is 83.1 Å². The number of aliphatic carboxylic acids is 1. The van der Waals surface area contributed by atoms with Gasteiger partial charge in [0.25, 0.3) is 0 Å². The monoisotopic (exact) mass is 222 g/mol. The Kier molecular flexibility index (Phi) is 3.46. The first-order valence-electron chi connectivity index (χ1n) is 4.49. The molecule has 0 saturated carbocycles. The van der Waals surface area contributed by atoms with Crippen molar-refractivity contribution in [1.29, 1.82) is 0 Å². The molecule has 0 aromatic rings. The lowest BCUT2D eigenvalue weighted by Crippen LogP contribution is -2.96. The maximum absolute atomic E-state index is 11.5. The highest BCUT2D eigenvalue weighted by Crippen LogP contribution is 2.08. The van der Waals surface area contributed by atoms with E-state index in [2.05, 4.69) is 0 Å². The van der Waals surface area contributed by atoms with Crippen LogP contribution < -0.4 is 9.83 Å². The highest BCUT2D eigenvalue weighted by Gasteiger charge is 2.30. The van der Waals surface area contributed by atoms with Gasteiger partial charge < -0.3 is 9.90 Å². The lowest BCUT2D eigenvalue weighted by Gasteiger charge is -2.16. The average molecular weight is 222 g/mol. The Morgan fingerprint density at radius 2 is 1.93 bits per heavy atom. The number of carbonyl (C=O) groups excluding carboxylic acids is 1. The summed E-state index contributed by atoms with van der Waals surface area (Å²) in [6.45, 7) is 2.26. The standard InChI is InChI=1S/C7H14N2O4S/c1-6(7(10)11)8-14(12,13)9-4-2-3-5-9/h6,8H,2-5H2,1H3,(H,10,11)/t6-/m0/s1. The van der Waals surface area contributed by atoms with Crippen molar-refractivity contribution in [3.8, 4) is 0 Å². The predicted octanol–water partition coefficient (Wildman–Crippen LogP) is -2.97. The second-order valence-electron chi connectivity index (χ2n) is 3.39. The van der Waals surface area contributed by atoms with Crippen LogP contribution in [0.3, 0.4) is 0 Å². The van der Waals surface area contributed by atoms with E-state index in [0.717, 1.165) is 17.6 Å². The van der Waals surface area contributed by atoms with Gasteiger partial charge in [0.2, 0.25) is 0 Å². The van der Waals surface area contributed by atoms with Crippen molar-refractivity contribution in [3.63, 3.8) is 0 Å². The number of quaternary nitrogens is 1. The van der Waals surface area contributed by atoms with Gasteiger partial charge in [-0.05, 0) is 19.8 Å².